The fourth-order valence-corrected chi connectivity index (χ4v) is 5.51. The molecule has 2 aliphatic rings. The zero-order valence-corrected chi connectivity index (χ0v) is 22.7. The quantitative estimate of drug-likeness (QED) is 0.386. The van der Waals surface area contributed by atoms with E-state index in [9.17, 15) is 9.18 Å². The van der Waals surface area contributed by atoms with E-state index in [-0.39, 0.29) is 30.2 Å². The van der Waals surface area contributed by atoms with Crippen molar-refractivity contribution in [3.63, 3.8) is 0 Å². The van der Waals surface area contributed by atoms with E-state index in [0.717, 1.165) is 75.2 Å². The van der Waals surface area contributed by atoms with E-state index in [1.54, 1.807) is 24.3 Å². The molecule has 3 aromatic rings. The van der Waals surface area contributed by atoms with Crippen LogP contribution in [0.1, 0.15) is 54.7 Å². The van der Waals surface area contributed by atoms with Gasteiger partial charge >= 0.3 is 0 Å². The Balaban J connectivity index is 0.00000336. The lowest BCUT2D eigenvalue weighted by molar-refractivity contribution is -0.117. The molecule has 2 heterocycles. The fourth-order valence-electron chi connectivity index (χ4n) is 5.51. The second-order valence-electron chi connectivity index (χ2n) is 10.4. The standard InChI is InChI=1S/C30H35FN4O2.ClH/c1-21-32-30(34-37-21)26-8-7-24-15-18-35(19-16-25(24)20-26)17-14-23-4-11-28(12-5-23)33-29(36)13-6-22-2-9-27(31)10-3-22;/h2-3,6-10,13,20,23,28H,4-5,11-12,14-19H2,1H3,(H,33,36);1H/b13-6+;. The van der Waals surface area contributed by atoms with Crippen molar-refractivity contribution in [3.05, 3.63) is 76.9 Å². The Kier molecular flexibility index (Phi) is 9.69. The minimum atomic E-state index is -0.273. The third kappa shape index (κ3) is 7.51. The first kappa shape index (κ1) is 28.0. The summed E-state index contributed by atoms with van der Waals surface area (Å²) in [5, 5.41) is 7.20. The number of fused-ring (bicyclic) bond motifs is 1. The number of nitrogens with zero attached hydrogens (tertiary/aromatic N) is 3. The smallest absolute Gasteiger partial charge is 0.244 e. The highest BCUT2D eigenvalue weighted by molar-refractivity contribution is 5.91. The van der Waals surface area contributed by atoms with Crippen LogP contribution in [0.3, 0.4) is 0 Å². The lowest BCUT2D eigenvalue weighted by Crippen LogP contribution is -2.37. The van der Waals surface area contributed by atoms with Crippen LogP contribution in [0.4, 0.5) is 4.39 Å². The summed E-state index contributed by atoms with van der Waals surface area (Å²) in [5.74, 6) is 1.63. The molecule has 38 heavy (non-hydrogen) atoms. The molecule has 0 unspecified atom stereocenters. The number of carbonyl (C=O) groups is 1. The zero-order chi connectivity index (χ0) is 25.6. The maximum atomic E-state index is 13.0. The molecule has 6 nitrogen and oxygen atoms in total. The van der Waals surface area contributed by atoms with Gasteiger partial charge in [0.05, 0.1) is 0 Å². The van der Waals surface area contributed by atoms with E-state index >= 15 is 0 Å². The first-order valence-corrected chi connectivity index (χ1v) is 13.4. The Morgan fingerprint density at radius 1 is 1.08 bits per heavy atom. The maximum Gasteiger partial charge on any atom is 0.244 e. The van der Waals surface area contributed by atoms with Gasteiger partial charge in [-0.25, -0.2) is 4.39 Å². The van der Waals surface area contributed by atoms with Gasteiger partial charge in [0.2, 0.25) is 17.6 Å². The van der Waals surface area contributed by atoms with Gasteiger partial charge in [0, 0.05) is 37.7 Å². The molecule has 2 aromatic carbocycles. The molecule has 0 bridgehead atoms. The molecule has 1 saturated carbocycles. The van der Waals surface area contributed by atoms with Crippen LogP contribution in [0.15, 0.2) is 53.1 Å². The van der Waals surface area contributed by atoms with Gasteiger partial charge in [-0.3, -0.25) is 4.79 Å². The predicted octanol–water partition coefficient (Wildman–Crippen LogP) is 5.79. The molecular formula is C30H36ClFN4O2. The normalized spacial score (nSPS) is 19.9. The molecule has 0 saturated heterocycles. The highest BCUT2D eigenvalue weighted by atomic mass is 35.5. The monoisotopic (exact) mass is 538 g/mol. The van der Waals surface area contributed by atoms with Crippen molar-refractivity contribution >= 4 is 24.4 Å². The Bertz CT molecular complexity index is 1240. The first-order valence-electron chi connectivity index (χ1n) is 13.4. The van der Waals surface area contributed by atoms with Gasteiger partial charge in [-0.1, -0.05) is 29.4 Å². The number of halogens is 2. The number of rotatable bonds is 7. The molecule has 0 spiro atoms. The Morgan fingerprint density at radius 2 is 1.82 bits per heavy atom. The van der Waals surface area contributed by atoms with E-state index in [0.29, 0.717) is 11.7 Å². The Labute approximate surface area is 230 Å². The summed E-state index contributed by atoms with van der Waals surface area (Å²) < 4.78 is 18.2. The van der Waals surface area contributed by atoms with Crippen LogP contribution >= 0.6 is 12.4 Å². The Hall–Kier alpha value is -3.03. The highest BCUT2D eigenvalue weighted by Crippen LogP contribution is 2.28. The summed E-state index contributed by atoms with van der Waals surface area (Å²) in [4.78, 5) is 19.3. The van der Waals surface area contributed by atoms with Gasteiger partial charge in [0.25, 0.3) is 0 Å². The number of hydrogen-bond donors (Lipinski definition) is 1. The van der Waals surface area contributed by atoms with Gasteiger partial charge in [0.15, 0.2) is 0 Å². The number of aromatic nitrogens is 2. The van der Waals surface area contributed by atoms with Crippen LogP contribution in [-0.2, 0) is 17.6 Å². The van der Waals surface area contributed by atoms with Crippen molar-refractivity contribution in [3.8, 4) is 11.4 Å². The van der Waals surface area contributed by atoms with Crippen LogP contribution in [0, 0.1) is 18.7 Å². The number of carbonyl (C=O) groups excluding carboxylic acids is 1. The average molecular weight is 539 g/mol. The van der Waals surface area contributed by atoms with Gasteiger partial charge in [-0.15, -0.1) is 12.4 Å². The van der Waals surface area contributed by atoms with E-state index in [1.807, 2.05) is 6.92 Å². The van der Waals surface area contributed by atoms with Gasteiger partial charge in [-0.2, -0.15) is 4.98 Å². The van der Waals surface area contributed by atoms with Gasteiger partial charge < -0.3 is 14.7 Å². The Morgan fingerprint density at radius 3 is 2.53 bits per heavy atom. The topological polar surface area (TPSA) is 71.3 Å². The molecule has 1 amide bonds. The summed E-state index contributed by atoms with van der Waals surface area (Å²) >= 11 is 0. The summed E-state index contributed by atoms with van der Waals surface area (Å²) in [7, 11) is 0. The number of aryl methyl sites for hydroxylation is 1. The zero-order valence-electron chi connectivity index (χ0n) is 21.9. The molecule has 5 rings (SSSR count). The summed E-state index contributed by atoms with van der Waals surface area (Å²) in [6.45, 7) is 5.12. The molecule has 1 aliphatic carbocycles. The highest BCUT2D eigenvalue weighted by Gasteiger charge is 2.23. The minimum absolute atomic E-state index is 0. The molecule has 0 radical (unpaired) electrons. The van der Waals surface area contributed by atoms with E-state index in [4.69, 9.17) is 4.52 Å². The minimum Gasteiger partial charge on any atom is -0.350 e. The molecule has 1 aliphatic heterocycles. The van der Waals surface area contributed by atoms with Crippen LogP contribution in [-0.4, -0.2) is 46.6 Å². The van der Waals surface area contributed by atoms with Crippen molar-refractivity contribution in [1.29, 1.82) is 0 Å². The first-order chi connectivity index (χ1) is 18.0. The molecule has 1 aromatic heterocycles. The molecule has 202 valence electrons. The second kappa shape index (κ2) is 13.2. The third-order valence-electron chi connectivity index (χ3n) is 7.73. The van der Waals surface area contributed by atoms with Crippen molar-refractivity contribution < 1.29 is 13.7 Å². The second-order valence-corrected chi connectivity index (χ2v) is 10.4. The van der Waals surface area contributed by atoms with E-state index in [1.165, 1.54) is 29.7 Å². The van der Waals surface area contributed by atoms with Crippen LogP contribution in [0.25, 0.3) is 17.5 Å². The largest absolute Gasteiger partial charge is 0.350 e. The SMILES string of the molecule is Cc1nc(-c2ccc3c(c2)CCN(CCC2CCC(NC(=O)/C=C/c4ccc(F)cc4)CC2)CC3)no1.Cl. The maximum absolute atomic E-state index is 13.0. The number of nitrogens with one attached hydrogen (secondary N) is 1. The van der Waals surface area contributed by atoms with Gasteiger partial charge in [-0.05, 0) is 98.4 Å². The van der Waals surface area contributed by atoms with Crippen molar-refractivity contribution in [1.82, 2.24) is 20.4 Å². The van der Waals surface area contributed by atoms with E-state index in [2.05, 4.69) is 38.6 Å². The number of amides is 1. The fraction of sp³-hybridized carbons (Fsp3) is 0.433. The summed E-state index contributed by atoms with van der Waals surface area (Å²) in [5.41, 5.74) is 4.67. The van der Waals surface area contributed by atoms with Crippen LogP contribution < -0.4 is 5.32 Å². The van der Waals surface area contributed by atoms with Crippen LogP contribution in [0.2, 0.25) is 0 Å². The number of hydrogen-bond acceptors (Lipinski definition) is 5. The third-order valence-corrected chi connectivity index (χ3v) is 7.73. The van der Waals surface area contributed by atoms with Crippen molar-refractivity contribution in [2.24, 2.45) is 5.92 Å². The van der Waals surface area contributed by atoms with E-state index < -0.39 is 0 Å². The van der Waals surface area contributed by atoms with Gasteiger partial charge in [0.1, 0.15) is 5.82 Å². The van der Waals surface area contributed by atoms with Crippen molar-refractivity contribution in [2.75, 3.05) is 19.6 Å². The molecule has 8 heteroatoms. The molecule has 1 fully saturated rings. The lowest BCUT2D eigenvalue weighted by Gasteiger charge is -2.30. The number of benzene rings is 2. The summed E-state index contributed by atoms with van der Waals surface area (Å²) in [6.07, 6.45) is 11.0. The molecule has 0 atom stereocenters. The predicted molar refractivity (Wildman–Crippen MR) is 150 cm³/mol. The lowest BCUT2D eigenvalue weighted by atomic mass is 9.84. The molecule has 1 N–H and O–H groups in total. The van der Waals surface area contributed by atoms with Crippen LogP contribution in [0.5, 0.6) is 0 Å². The summed E-state index contributed by atoms with van der Waals surface area (Å²) in [6, 6.07) is 12.9. The average Bonchev–Trinajstić information content (AvgIpc) is 3.24. The van der Waals surface area contributed by atoms with Crippen molar-refractivity contribution in [2.45, 2.75) is 57.9 Å². The molecular weight excluding hydrogens is 503 g/mol.